The molecule has 10 heteroatoms. The highest BCUT2D eigenvalue weighted by Gasteiger charge is 2.37. The number of nitrogens with zero attached hydrogens (tertiary/aromatic N) is 4. The van der Waals surface area contributed by atoms with Gasteiger partial charge >= 0.3 is 6.09 Å². The first-order chi connectivity index (χ1) is 21.7. The summed E-state index contributed by atoms with van der Waals surface area (Å²) in [5.74, 6) is -0.326. The molecule has 0 unspecified atom stereocenters. The van der Waals surface area contributed by atoms with Crippen LogP contribution in [0.1, 0.15) is 68.6 Å². The molecular weight excluding hydrogens is 582 g/mol. The number of hydrogen-bond donors (Lipinski definition) is 2. The molecule has 2 amide bonds. The van der Waals surface area contributed by atoms with Gasteiger partial charge in [-0.05, 0) is 106 Å². The molecule has 0 spiro atoms. The number of benzene rings is 1. The van der Waals surface area contributed by atoms with Crippen molar-refractivity contribution in [2.24, 2.45) is 0 Å². The van der Waals surface area contributed by atoms with Crippen molar-refractivity contribution in [1.29, 1.82) is 0 Å². The third kappa shape index (κ3) is 6.24. The molecule has 5 heterocycles. The quantitative estimate of drug-likeness (QED) is 0.291. The molecule has 0 radical (unpaired) electrons. The summed E-state index contributed by atoms with van der Waals surface area (Å²) in [6.45, 7) is 14.5. The number of aliphatic hydroxyl groups is 1. The largest absolute Gasteiger partial charge is 0.444 e. The van der Waals surface area contributed by atoms with E-state index in [0.29, 0.717) is 39.3 Å². The van der Waals surface area contributed by atoms with Crippen LogP contribution in [-0.2, 0) is 27.2 Å². The van der Waals surface area contributed by atoms with Crippen molar-refractivity contribution in [3.8, 4) is 22.3 Å². The maximum atomic E-state index is 13.5. The average molecular weight is 626 g/mol. The second kappa shape index (κ2) is 11.8. The molecule has 46 heavy (non-hydrogen) atoms. The van der Waals surface area contributed by atoms with Gasteiger partial charge in [0.1, 0.15) is 16.8 Å². The van der Waals surface area contributed by atoms with E-state index < -0.39 is 23.3 Å². The van der Waals surface area contributed by atoms with Crippen molar-refractivity contribution >= 4 is 23.0 Å². The Bertz CT molecular complexity index is 1820. The molecule has 1 aromatic carbocycles. The van der Waals surface area contributed by atoms with E-state index in [9.17, 15) is 14.7 Å². The Balaban J connectivity index is 1.48. The molecule has 4 aromatic rings. The van der Waals surface area contributed by atoms with E-state index in [2.05, 4.69) is 41.2 Å². The fourth-order valence-electron chi connectivity index (χ4n) is 6.42. The second-order valence-corrected chi connectivity index (χ2v) is 14.0. The van der Waals surface area contributed by atoms with Crippen molar-refractivity contribution in [2.45, 2.75) is 78.7 Å². The number of rotatable bonds is 4. The SMILES string of the molecule is Cc1cc(-c2c[nH]c3ncc(-c4cc5c(c([C@@H]6COCCN6C(=O)OC(C)(C)C)c4)CN(C(=O)C(C)(C)O)CC5)cc23)c(C)cn1. The lowest BCUT2D eigenvalue weighted by Crippen LogP contribution is -2.48. The van der Waals surface area contributed by atoms with Gasteiger partial charge in [-0.1, -0.05) is 6.07 Å². The predicted octanol–water partition coefficient (Wildman–Crippen LogP) is 5.87. The number of morpholine rings is 1. The zero-order valence-electron chi connectivity index (χ0n) is 27.7. The van der Waals surface area contributed by atoms with Crippen LogP contribution >= 0.6 is 0 Å². The van der Waals surface area contributed by atoms with Crippen molar-refractivity contribution in [3.05, 3.63) is 70.8 Å². The third-order valence-corrected chi connectivity index (χ3v) is 8.70. The number of carbonyl (C=O) groups excluding carboxylic acids is 2. The summed E-state index contributed by atoms with van der Waals surface area (Å²) in [7, 11) is 0. The van der Waals surface area contributed by atoms with Crippen molar-refractivity contribution < 1.29 is 24.2 Å². The molecule has 0 aliphatic carbocycles. The number of H-pyrrole nitrogens is 1. The number of ether oxygens (including phenoxy) is 2. The molecule has 0 bridgehead atoms. The molecular formula is C36H43N5O5. The number of aromatic amines is 1. The zero-order chi connectivity index (χ0) is 33.0. The summed E-state index contributed by atoms with van der Waals surface area (Å²) in [5, 5.41) is 11.5. The van der Waals surface area contributed by atoms with Gasteiger partial charge in [-0.3, -0.25) is 14.7 Å². The Morgan fingerprint density at radius 1 is 1.00 bits per heavy atom. The molecule has 6 rings (SSSR count). The molecule has 1 saturated heterocycles. The van der Waals surface area contributed by atoms with Crippen molar-refractivity contribution in [3.63, 3.8) is 0 Å². The minimum atomic E-state index is -1.49. The Labute approximate surface area is 269 Å². The van der Waals surface area contributed by atoms with E-state index in [1.165, 1.54) is 13.8 Å². The van der Waals surface area contributed by atoms with E-state index in [4.69, 9.17) is 14.5 Å². The smallest absolute Gasteiger partial charge is 0.410 e. The van der Waals surface area contributed by atoms with Gasteiger partial charge in [0.2, 0.25) is 0 Å². The summed E-state index contributed by atoms with van der Waals surface area (Å²) >= 11 is 0. The monoisotopic (exact) mass is 625 g/mol. The normalized spacial score (nSPS) is 17.3. The van der Waals surface area contributed by atoms with Crippen molar-refractivity contribution in [2.75, 3.05) is 26.3 Å². The number of aryl methyl sites for hydroxylation is 2. The van der Waals surface area contributed by atoms with Gasteiger partial charge in [0.15, 0.2) is 0 Å². The van der Waals surface area contributed by atoms with E-state index >= 15 is 0 Å². The van der Waals surface area contributed by atoms with Gasteiger partial charge in [0, 0.05) is 60.4 Å². The van der Waals surface area contributed by atoms with Crippen LogP contribution in [-0.4, -0.2) is 79.4 Å². The van der Waals surface area contributed by atoms with Crippen LogP contribution in [0.2, 0.25) is 0 Å². The maximum Gasteiger partial charge on any atom is 0.410 e. The minimum Gasteiger partial charge on any atom is -0.444 e. The first-order valence-corrected chi connectivity index (χ1v) is 15.9. The Morgan fingerprint density at radius 3 is 2.52 bits per heavy atom. The number of carbonyl (C=O) groups is 2. The number of hydrogen-bond acceptors (Lipinski definition) is 7. The summed E-state index contributed by atoms with van der Waals surface area (Å²) < 4.78 is 11.8. The lowest BCUT2D eigenvalue weighted by atomic mass is 9.86. The number of pyridine rings is 2. The van der Waals surface area contributed by atoms with Crippen LogP contribution < -0.4 is 0 Å². The Hall–Kier alpha value is -4.28. The highest BCUT2D eigenvalue weighted by Crippen LogP contribution is 2.39. The molecule has 242 valence electrons. The fraction of sp³-hybridized carbons (Fsp3) is 0.444. The van der Waals surface area contributed by atoms with Gasteiger partial charge < -0.3 is 24.5 Å². The standard InChI is InChI=1S/C36H43N5O5/c1-21-16-37-22(2)12-26(21)29-18-39-32-28(29)15-25(17-38-32)24-13-23-8-9-40(33(42)36(6,7)44)19-30(23)27(14-24)31-20-45-11-10-41(31)34(43)46-35(3,4)5/h12-18,31,44H,8-11,19-20H2,1-7H3,(H,38,39)/t31-/m0/s1. The zero-order valence-corrected chi connectivity index (χ0v) is 27.7. The highest BCUT2D eigenvalue weighted by molar-refractivity contribution is 5.96. The first kappa shape index (κ1) is 31.7. The summed E-state index contributed by atoms with van der Waals surface area (Å²) in [6.07, 6.45) is 5.97. The second-order valence-electron chi connectivity index (χ2n) is 14.0. The van der Waals surface area contributed by atoms with E-state index in [0.717, 1.165) is 61.2 Å². The summed E-state index contributed by atoms with van der Waals surface area (Å²) in [4.78, 5) is 42.7. The lowest BCUT2D eigenvalue weighted by molar-refractivity contribution is -0.148. The van der Waals surface area contributed by atoms with Crippen LogP contribution in [0.25, 0.3) is 33.3 Å². The Morgan fingerprint density at radius 2 is 1.78 bits per heavy atom. The van der Waals surface area contributed by atoms with E-state index in [-0.39, 0.29) is 5.91 Å². The van der Waals surface area contributed by atoms with Crippen LogP contribution in [0.5, 0.6) is 0 Å². The topological polar surface area (TPSA) is 121 Å². The number of amides is 2. The first-order valence-electron chi connectivity index (χ1n) is 15.9. The lowest BCUT2D eigenvalue weighted by Gasteiger charge is -2.40. The molecule has 1 fully saturated rings. The minimum absolute atomic E-state index is 0.300. The van der Waals surface area contributed by atoms with Crippen LogP contribution in [0.3, 0.4) is 0 Å². The average Bonchev–Trinajstić information content (AvgIpc) is 3.43. The molecule has 2 aliphatic rings. The number of aromatic nitrogens is 3. The highest BCUT2D eigenvalue weighted by atomic mass is 16.6. The molecule has 1 atom stereocenters. The van der Waals surface area contributed by atoms with Gasteiger partial charge in [0.25, 0.3) is 5.91 Å². The maximum absolute atomic E-state index is 13.5. The van der Waals surface area contributed by atoms with Crippen LogP contribution in [0.15, 0.2) is 42.9 Å². The van der Waals surface area contributed by atoms with Crippen LogP contribution in [0, 0.1) is 13.8 Å². The molecule has 10 nitrogen and oxygen atoms in total. The predicted molar refractivity (Wildman–Crippen MR) is 176 cm³/mol. The van der Waals surface area contributed by atoms with E-state index in [1.54, 1.807) is 9.80 Å². The van der Waals surface area contributed by atoms with Crippen LogP contribution in [0.4, 0.5) is 4.79 Å². The third-order valence-electron chi connectivity index (χ3n) is 8.70. The molecule has 2 aliphatic heterocycles. The Kier molecular flexibility index (Phi) is 8.14. The van der Waals surface area contributed by atoms with Gasteiger partial charge in [-0.25, -0.2) is 9.78 Å². The fourth-order valence-corrected chi connectivity index (χ4v) is 6.42. The molecule has 2 N–H and O–H groups in total. The number of nitrogens with one attached hydrogen (secondary N) is 1. The van der Waals surface area contributed by atoms with Gasteiger partial charge in [0.05, 0.1) is 19.3 Å². The molecule has 3 aromatic heterocycles. The van der Waals surface area contributed by atoms with E-state index in [1.807, 2.05) is 46.3 Å². The van der Waals surface area contributed by atoms with Crippen molar-refractivity contribution in [1.82, 2.24) is 24.8 Å². The molecule has 0 saturated carbocycles. The summed E-state index contributed by atoms with van der Waals surface area (Å²) in [6, 6.07) is 8.10. The number of fused-ring (bicyclic) bond motifs is 2. The van der Waals surface area contributed by atoms with Gasteiger partial charge in [-0.15, -0.1) is 0 Å². The summed E-state index contributed by atoms with van der Waals surface area (Å²) in [5.41, 5.74) is 7.71. The van der Waals surface area contributed by atoms with Gasteiger partial charge in [-0.2, -0.15) is 0 Å².